The molecule has 0 aromatic heterocycles. The number of allylic oxidation sites excluding steroid dienone is 4. The van der Waals surface area contributed by atoms with Gasteiger partial charge in [-0.1, -0.05) is 74.8 Å². The molecule has 18 heavy (non-hydrogen) atoms. The number of hydrogen-bond acceptors (Lipinski definition) is 1. The summed E-state index contributed by atoms with van der Waals surface area (Å²) in [5, 5.41) is 2.86. The van der Waals surface area contributed by atoms with E-state index in [1.165, 1.54) is 6.42 Å². The Morgan fingerprint density at radius 1 is 0.833 bits per heavy atom. The molecule has 0 unspecified atom stereocenters. The van der Waals surface area contributed by atoms with Gasteiger partial charge in [0, 0.05) is 70.2 Å². The van der Waals surface area contributed by atoms with Crippen LogP contribution >= 0.6 is 0 Å². The van der Waals surface area contributed by atoms with E-state index in [1.807, 2.05) is 31.5 Å². The molecule has 114 valence electrons. The van der Waals surface area contributed by atoms with Gasteiger partial charge in [0.25, 0.3) is 0 Å². The molecule has 0 saturated heterocycles. The smallest absolute Gasteiger partial charge is 0.00277 e. The molecule has 0 spiro atoms. The fraction of sp³-hybridized carbons (Fsp3) is 0.571. The Hall–Kier alpha value is 1.08. The largest absolute Gasteiger partial charge is 0.394 e. The van der Waals surface area contributed by atoms with Crippen LogP contribution in [0.5, 0.6) is 0 Å². The van der Waals surface area contributed by atoms with Crippen LogP contribution in [0.15, 0.2) is 37.1 Å². The second-order valence-electron chi connectivity index (χ2n) is 1.98. The van der Waals surface area contributed by atoms with E-state index in [0.717, 1.165) is 0 Å². The van der Waals surface area contributed by atoms with Gasteiger partial charge in [0.15, 0.2) is 0 Å². The predicted molar refractivity (Wildman–Crippen MR) is 80.4 cm³/mol. The molecule has 0 rings (SSSR count). The van der Waals surface area contributed by atoms with Gasteiger partial charge in [0.2, 0.25) is 0 Å². The fourth-order valence-electron chi connectivity index (χ4n) is 0.294. The van der Waals surface area contributed by atoms with Crippen LogP contribution in [0.2, 0.25) is 0 Å². The Labute approximate surface area is 161 Å². The summed E-state index contributed by atoms with van der Waals surface area (Å²) in [5.41, 5.74) is 0. The van der Waals surface area contributed by atoms with Crippen molar-refractivity contribution in [1.29, 1.82) is 0 Å². The summed E-state index contributed by atoms with van der Waals surface area (Å²) in [6, 6.07) is 0. The molecule has 0 bridgehead atoms. The van der Waals surface area contributed by atoms with Gasteiger partial charge in [0.1, 0.15) is 0 Å². The molecule has 0 aromatic carbocycles. The number of nitrogens with one attached hydrogen (secondary N) is 1. The molecule has 0 radical (unpaired) electrons. The maximum Gasteiger partial charge on any atom is 0.00277 e. The Bertz CT molecular complexity index is 124. The monoisotopic (exact) mass is 769 g/mol. The van der Waals surface area contributed by atoms with Crippen LogP contribution in [0, 0.1) is 0 Å². The third-order valence-corrected chi connectivity index (χ3v) is 0.621. The van der Waals surface area contributed by atoms with Crippen molar-refractivity contribution in [2.75, 3.05) is 7.05 Å². The van der Waals surface area contributed by atoms with Crippen LogP contribution in [0.3, 0.4) is 0 Å². The van der Waals surface area contributed by atoms with Crippen LogP contribution in [-0.4, -0.2) is 7.05 Å². The molecule has 0 amide bonds. The van der Waals surface area contributed by atoms with Crippen LogP contribution in [-0.2, 0) is 63.2 Å². The first-order valence-corrected chi connectivity index (χ1v) is 3.94. The summed E-state index contributed by atoms with van der Waals surface area (Å²) in [6.07, 6.45) is 10.5. The number of hydrogen-bond donors (Lipinski definition) is 1. The summed E-state index contributed by atoms with van der Waals surface area (Å²) in [5.74, 6) is 0. The van der Waals surface area contributed by atoms with Crippen LogP contribution in [0.1, 0.15) is 50.0 Å². The molecule has 1 N–H and O–H groups in total. The standard InChI is InChI=1S/C7H11N.C3H8.4CH4.3W/c1-3-4-5-6-7-8-2;1-3-2;;;;;;;/h3-8H,1H2,2H3;3H2,1-2H3;4*1H4;;;. The number of rotatable bonds is 3. The zero-order chi connectivity index (χ0) is 8.95. The Balaban J connectivity index is -0.0000000107. The first-order valence-electron chi connectivity index (χ1n) is 3.94. The van der Waals surface area contributed by atoms with E-state index in [-0.39, 0.29) is 92.9 Å². The van der Waals surface area contributed by atoms with Gasteiger partial charge in [-0.25, -0.2) is 0 Å². The van der Waals surface area contributed by atoms with Gasteiger partial charge >= 0.3 is 0 Å². The maximum absolute atomic E-state index is 3.52. The average Bonchev–Trinajstić information content (AvgIpc) is 2.00. The summed E-state index contributed by atoms with van der Waals surface area (Å²) < 4.78 is 0. The van der Waals surface area contributed by atoms with Gasteiger partial charge in [-0.15, -0.1) is 0 Å². The van der Waals surface area contributed by atoms with E-state index in [9.17, 15) is 0 Å². The van der Waals surface area contributed by atoms with Crippen LogP contribution in [0.4, 0.5) is 0 Å². The van der Waals surface area contributed by atoms with Gasteiger partial charge < -0.3 is 5.32 Å². The van der Waals surface area contributed by atoms with Gasteiger partial charge in [-0.3, -0.25) is 0 Å². The summed E-state index contributed by atoms with van der Waals surface area (Å²) in [7, 11) is 1.86. The molecule has 0 aromatic rings. The van der Waals surface area contributed by atoms with E-state index in [2.05, 4.69) is 25.7 Å². The molecule has 0 fully saturated rings. The van der Waals surface area contributed by atoms with Crippen LogP contribution < -0.4 is 5.32 Å². The molecule has 0 aliphatic carbocycles. The Morgan fingerprint density at radius 2 is 1.17 bits per heavy atom. The van der Waals surface area contributed by atoms with Crippen molar-refractivity contribution in [2.24, 2.45) is 0 Å². The minimum atomic E-state index is 0. The van der Waals surface area contributed by atoms with Crippen molar-refractivity contribution in [1.82, 2.24) is 5.32 Å². The summed E-state index contributed by atoms with van der Waals surface area (Å²) >= 11 is 0. The van der Waals surface area contributed by atoms with E-state index in [0.29, 0.717) is 0 Å². The van der Waals surface area contributed by atoms with E-state index < -0.39 is 0 Å². The predicted octanol–water partition coefficient (Wildman–Crippen LogP) is 5.41. The van der Waals surface area contributed by atoms with Crippen molar-refractivity contribution < 1.29 is 63.2 Å². The van der Waals surface area contributed by atoms with Gasteiger partial charge in [-0.2, -0.15) is 0 Å². The van der Waals surface area contributed by atoms with Gasteiger partial charge in [-0.05, 0) is 12.3 Å². The zero-order valence-electron chi connectivity index (χ0n) is 9.03. The summed E-state index contributed by atoms with van der Waals surface area (Å²) in [4.78, 5) is 0. The van der Waals surface area contributed by atoms with E-state index >= 15 is 0 Å². The average molecular weight is 769 g/mol. The second-order valence-corrected chi connectivity index (χ2v) is 1.98. The third kappa shape index (κ3) is 119. The molecule has 0 heterocycles. The topological polar surface area (TPSA) is 12.0 Å². The minimum Gasteiger partial charge on any atom is -0.394 e. The normalized spacial score (nSPS) is 5.72. The Kier molecular flexibility index (Phi) is 275. The molecule has 0 aliphatic rings. The van der Waals surface area contributed by atoms with Crippen molar-refractivity contribution in [3.8, 4) is 0 Å². The molecule has 4 heteroatoms. The fourth-order valence-corrected chi connectivity index (χ4v) is 0.294. The van der Waals surface area contributed by atoms with E-state index in [1.54, 1.807) is 6.08 Å². The quantitative estimate of drug-likeness (QED) is 0.379. The third-order valence-electron chi connectivity index (χ3n) is 0.621. The molecular weight excluding hydrogens is 734 g/mol. The molecule has 0 atom stereocenters. The van der Waals surface area contributed by atoms with E-state index in [4.69, 9.17) is 0 Å². The molecule has 1 nitrogen and oxygen atoms in total. The second kappa shape index (κ2) is 80.8. The van der Waals surface area contributed by atoms with Gasteiger partial charge in [0.05, 0.1) is 0 Å². The van der Waals surface area contributed by atoms with Crippen molar-refractivity contribution >= 4 is 0 Å². The first-order chi connectivity index (χ1) is 5.33. The maximum atomic E-state index is 3.52. The molecular formula is C14H35NW3. The molecule has 0 aliphatic heterocycles. The van der Waals surface area contributed by atoms with Crippen molar-refractivity contribution in [3.63, 3.8) is 0 Å². The minimum absolute atomic E-state index is 0. The SMILES string of the molecule is C.C.C.C.C=CC=CC=CNC.CCC.[W].[W].[W]. The van der Waals surface area contributed by atoms with Crippen LogP contribution in [0.25, 0.3) is 0 Å². The Morgan fingerprint density at radius 3 is 1.39 bits per heavy atom. The zero-order valence-corrected chi connectivity index (χ0v) is 17.8. The molecule has 0 saturated carbocycles. The summed E-state index contributed by atoms with van der Waals surface area (Å²) in [6.45, 7) is 7.77. The first kappa shape index (κ1) is 61.4. The van der Waals surface area contributed by atoms with Crippen molar-refractivity contribution in [3.05, 3.63) is 37.1 Å². The van der Waals surface area contributed by atoms with Crippen molar-refractivity contribution in [2.45, 2.75) is 50.0 Å².